The molecule has 2 aliphatic rings. The number of fused-ring (bicyclic) bond motifs is 2. The fourth-order valence-corrected chi connectivity index (χ4v) is 7.36. The third-order valence-corrected chi connectivity index (χ3v) is 9.42. The molecule has 1 saturated heterocycles. The maximum absolute atomic E-state index is 14.3. The van der Waals surface area contributed by atoms with Crippen molar-refractivity contribution in [2.24, 2.45) is 4.99 Å². The number of halogens is 1. The Labute approximate surface area is 266 Å². The molecular formula is C33H33BrN4O5S. The van der Waals surface area contributed by atoms with E-state index in [4.69, 9.17) is 14.5 Å². The molecule has 6 rings (SSSR count). The van der Waals surface area contributed by atoms with Crippen LogP contribution in [0.5, 0.6) is 5.75 Å². The molecule has 4 heterocycles. The van der Waals surface area contributed by atoms with Crippen molar-refractivity contribution in [3.05, 3.63) is 95.2 Å². The summed E-state index contributed by atoms with van der Waals surface area (Å²) < 4.78 is 16.1. The monoisotopic (exact) mass is 676 g/mol. The lowest BCUT2D eigenvalue weighted by Crippen LogP contribution is -2.40. The summed E-state index contributed by atoms with van der Waals surface area (Å²) in [7, 11) is 1.56. The zero-order chi connectivity index (χ0) is 31.1. The number of thiazole rings is 1. The van der Waals surface area contributed by atoms with Crippen molar-refractivity contribution in [2.45, 2.75) is 52.3 Å². The molecule has 0 aliphatic carbocycles. The van der Waals surface area contributed by atoms with Crippen LogP contribution in [0.3, 0.4) is 0 Å². The van der Waals surface area contributed by atoms with Crippen LogP contribution in [0.1, 0.15) is 50.8 Å². The Morgan fingerprint density at radius 1 is 1.16 bits per heavy atom. The summed E-state index contributed by atoms with van der Waals surface area (Å²) in [5, 5.41) is 0.940. The van der Waals surface area contributed by atoms with Gasteiger partial charge in [-0.1, -0.05) is 45.5 Å². The first kappa shape index (κ1) is 30.1. The number of ether oxygens (including phenoxy) is 2. The number of esters is 1. The van der Waals surface area contributed by atoms with Gasteiger partial charge in [-0.25, -0.2) is 9.79 Å². The molecule has 1 atom stereocenters. The minimum Gasteiger partial charge on any atom is -0.496 e. The second-order valence-corrected chi connectivity index (χ2v) is 13.2. The number of hydrogen-bond acceptors (Lipinski definition) is 7. The Morgan fingerprint density at radius 3 is 2.64 bits per heavy atom. The van der Waals surface area contributed by atoms with Gasteiger partial charge in [0.05, 0.1) is 29.0 Å². The Bertz CT molecular complexity index is 2000. The first-order chi connectivity index (χ1) is 21.2. The normalized spacial score (nSPS) is 16.9. The molecule has 0 spiro atoms. The molecule has 1 amide bonds. The molecule has 228 valence electrons. The number of benzene rings is 2. The van der Waals surface area contributed by atoms with Gasteiger partial charge in [-0.3, -0.25) is 14.2 Å². The minimum absolute atomic E-state index is 0.0911. The molecule has 0 bridgehead atoms. The van der Waals surface area contributed by atoms with Crippen LogP contribution >= 0.6 is 27.3 Å². The summed E-state index contributed by atoms with van der Waals surface area (Å²) in [5.41, 5.74) is 2.86. The van der Waals surface area contributed by atoms with Crippen molar-refractivity contribution in [3.8, 4) is 5.75 Å². The molecule has 0 unspecified atom stereocenters. The number of amides is 1. The van der Waals surface area contributed by atoms with Crippen LogP contribution in [-0.2, 0) is 20.9 Å². The van der Waals surface area contributed by atoms with Crippen LogP contribution in [0.25, 0.3) is 17.0 Å². The maximum atomic E-state index is 14.3. The van der Waals surface area contributed by atoms with Crippen molar-refractivity contribution in [1.82, 2.24) is 14.0 Å². The Hall–Kier alpha value is -3.96. The zero-order valence-corrected chi connectivity index (χ0v) is 27.4. The van der Waals surface area contributed by atoms with Crippen molar-refractivity contribution in [2.75, 3.05) is 20.2 Å². The lowest BCUT2D eigenvalue weighted by atomic mass is 9.95. The largest absolute Gasteiger partial charge is 0.496 e. The van der Waals surface area contributed by atoms with E-state index in [0.717, 1.165) is 46.9 Å². The smallest absolute Gasteiger partial charge is 0.338 e. The van der Waals surface area contributed by atoms with E-state index < -0.39 is 12.0 Å². The third-order valence-electron chi connectivity index (χ3n) is 7.94. The summed E-state index contributed by atoms with van der Waals surface area (Å²) in [4.78, 5) is 47.9. The topological polar surface area (TPSA) is 95.1 Å². The molecule has 2 aliphatic heterocycles. The fraction of sp³-hybridized carbons (Fsp3) is 0.333. The Kier molecular flexibility index (Phi) is 8.34. The number of aromatic nitrogens is 2. The summed E-state index contributed by atoms with van der Waals surface area (Å²) in [6.07, 6.45) is 5.50. The molecule has 11 heteroatoms. The van der Waals surface area contributed by atoms with E-state index in [1.807, 2.05) is 58.1 Å². The van der Waals surface area contributed by atoms with Gasteiger partial charge in [0.2, 0.25) is 5.91 Å². The predicted octanol–water partition coefficient (Wildman–Crippen LogP) is 4.54. The second-order valence-electron chi connectivity index (χ2n) is 11.2. The molecule has 2 aromatic heterocycles. The molecule has 0 saturated carbocycles. The number of methoxy groups -OCH3 is 1. The van der Waals surface area contributed by atoms with Gasteiger partial charge < -0.3 is 18.9 Å². The molecule has 9 nitrogen and oxygen atoms in total. The standard InChI is InChI=1S/C33H33BrN4O5S/c1-19(2)43-32(41)29-20(3)35-33-38(30(29)24-16-22(34)11-12-26(24)42-4)31(40)27(44-33)15-21-17-37(25-10-6-5-9-23(21)25)18-28(39)36-13-7-8-14-36/h5-6,9-12,15-17,19,30H,7-8,13-14,18H2,1-4H3/b27-15-/t30-/m0/s1. The van der Waals surface area contributed by atoms with Crippen LogP contribution in [0.4, 0.5) is 0 Å². The number of para-hydroxylation sites is 1. The van der Waals surface area contributed by atoms with E-state index in [2.05, 4.69) is 15.9 Å². The van der Waals surface area contributed by atoms with E-state index >= 15 is 0 Å². The van der Waals surface area contributed by atoms with Crippen LogP contribution in [0.15, 0.2) is 74.2 Å². The first-order valence-corrected chi connectivity index (χ1v) is 16.2. The van der Waals surface area contributed by atoms with E-state index in [1.54, 1.807) is 38.5 Å². The molecule has 1 fully saturated rings. The van der Waals surface area contributed by atoms with Crippen LogP contribution in [-0.4, -0.2) is 52.2 Å². The zero-order valence-electron chi connectivity index (χ0n) is 25.0. The van der Waals surface area contributed by atoms with Crippen LogP contribution in [0, 0.1) is 0 Å². The number of likely N-dealkylation sites (tertiary alicyclic amines) is 1. The Morgan fingerprint density at radius 2 is 1.91 bits per heavy atom. The summed E-state index contributed by atoms with van der Waals surface area (Å²) in [6, 6.07) is 12.6. The van der Waals surface area contributed by atoms with Crippen molar-refractivity contribution in [3.63, 3.8) is 0 Å². The van der Waals surface area contributed by atoms with Gasteiger partial charge >= 0.3 is 5.97 Å². The van der Waals surface area contributed by atoms with Crippen molar-refractivity contribution in [1.29, 1.82) is 0 Å². The van der Waals surface area contributed by atoms with Gasteiger partial charge in [0.25, 0.3) is 5.56 Å². The molecule has 4 aromatic rings. The number of carbonyl (C=O) groups is 2. The van der Waals surface area contributed by atoms with Crippen molar-refractivity contribution < 1.29 is 19.1 Å². The number of nitrogens with zero attached hydrogens (tertiary/aromatic N) is 4. The molecule has 0 radical (unpaired) electrons. The summed E-state index contributed by atoms with van der Waals surface area (Å²) in [6.45, 7) is 7.15. The van der Waals surface area contributed by atoms with Gasteiger partial charge in [-0.15, -0.1) is 0 Å². The van der Waals surface area contributed by atoms with Gasteiger partial charge in [0.15, 0.2) is 4.80 Å². The molecule has 0 N–H and O–H groups in total. The second kappa shape index (κ2) is 12.2. The summed E-state index contributed by atoms with van der Waals surface area (Å²) >= 11 is 4.81. The number of rotatable bonds is 7. The average molecular weight is 678 g/mol. The fourth-order valence-electron chi connectivity index (χ4n) is 5.95. The van der Waals surface area contributed by atoms with Crippen LogP contribution < -0.4 is 19.6 Å². The van der Waals surface area contributed by atoms with E-state index in [-0.39, 0.29) is 29.7 Å². The van der Waals surface area contributed by atoms with E-state index in [1.165, 1.54) is 11.3 Å². The highest BCUT2D eigenvalue weighted by Crippen LogP contribution is 2.37. The lowest BCUT2D eigenvalue weighted by molar-refractivity contribution is -0.143. The SMILES string of the molecule is COc1ccc(Br)cc1[C@H]1C(C(=O)OC(C)C)=C(C)N=c2s/c(=C\c3cn(CC(=O)N4CCCC4)c4ccccc34)c(=O)n21. The third kappa shape index (κ3) is 5.54. The molecule has 44 heavy (non-hydrogen) atoms. The average Bonchev–Trinajstić information content (AvgIpc) is 3.71. The van der Waals surface area contributed by atoms with Gasteiger partial charge in [-0.05, 0) is 64.0 Å². The number of allylic oxidation sites excluding steroid dienone is 1. The molecular weight excluding hydrogens is 644 g/mol. The van der Waals surface area contributed by atoms with E-state index in [9.17, 15) is 14.4 Å². The van der Waals surface area contributed by atoms with Gasteiger partial charge in [0.1, 0.15) is 18.3 Å². The summed E-state index contributed by atoms with van der Waals surface area (Å²) in [5.74, 6) is 0.0878. The Balaban J connectivity index is 1.51. The predicted molar refractivity (Wildman–Crippen MR) is 173 cm³/mol. The quantitative estimate of drug-likeness (QED) is 0.268. The van der Waals surface area contributed by atoms with Crippen LogP contribution in [0.2, 0.25) is 0 Å². The minimum atomic E-state index is -0.813. The van der Waals surface area contributed by atoms with E-state index in [0.29, 0.717) is 26.3 Å². The highest BCUT2D eigenvalue weighted by molar-refractivity contribution is 9.10. The molecule has 2 aromatic carbocycles. The maximum Gasteiger partial charge on any atom is 0.338 e. The number of carbonyl (C=O) groups excluding carboxylic acids is 2. The lowest BCUT2D eigenvalue weighted by Gasteiger charge is -2.26. The highest BCUT2D eigenvalue weighted by atomic mass is 79.9. The number of hydrogen-bond donors (Lipinski definition) is 0. The first-order valence-electron chi connectivity index (χ1n) is 14.6. The van der Waals surface area contributed by atoms with Gasteiger partial charge in [-0.2, -0.15) is 0 Å². The van der Waals surface area contributed by atoms with Gasteiger partial charge in [0, 0.05) is 45.8 Å². The highest BCUT2D eigenvalue weighted by Gasteiger charge is 2.35. The van der Waals surface area contributed by atoms with Crippen molar-refractivity contribution >= 4 is 56.1 Å².